The maximum atomic E-state index is 12.2. The van der Waals surface area contributed by atoms with Crippen molar-refractivity contribution >= 4 is 11.9 Å². The van der Waals surface area contributed by atoms with Gasteiger partial charge in [-0.3, -0.25) is 4.79 Å². The van der Waals surface area contributed by atoms with Gasteiger partial charge in [-0.2, -0.15) is 0 Å². The summed E-state index contributed by atoms with van der Waals surface area (Å²) < 4.78 is 5.81. The Balaban J connectivity index is 1.43. The Labute approximate surface area is 129 Å². The van der Waals surface area contributed by atoms with Gasteiger partial charge in [-0.1, -0.05) is 18.2 Å². The second-order valence-corrected chi connectivity index (χ2v) is 5.90. The van der Waals surface area contributed by atoms with Gasteiger partial charge in [0.2, 0.25) is 5.91 Å². The summed E-state index contributed by atoms with van der Waals surface area (Å²) in [5, 5.41) is 2.97. The summed E-state index contributed by atoms with van der Waals surface area (Å²) in [6.07, 6.45) is 2.17. The molecule has 1 aromatic carbocycles. The first-order chi connectivity index (χ1) is 10.6. The summed E-state index contributed by atoms with van der Waals surface area (Å²) in [7, 11) is 0. The molecule has 0 aliphatic carbocycles. The number of nitrogens with zero attached hydrogens (tertiary/aromatic N) is 1. The van der Waals surface area contributed by atoms with Gasteiger partial charge in [0.25, 0.3) is 0 Å². The summed E-state index contributed by atoms with van der Waals surface area (Å²) in [5.74, 6) is 0.916. The number of piperidine rings is 1. The van der Waals surface area contributed by atoms with Crippen molar-refractivity contribution in [3.8, 4) is 5.75 Å². The van der Waals surface area contributed by atoms with Gasteiger partial charge < -0.3 is 20.7 Å². The molecule has 2 aliphatic heterocycles. The molecule has 1 atom stereocenters. The van der Waals surface area contributed by atoms with E-state index in [1.54, 1.807) is 4.90 Å². The molecule has 3 rings (SSSR count). The highest BCUT2D eigenvalue weighted by molar-refractivity contribution is 5.79. The lowest BCUT2D eigenvalue weighted by Gasteiger charge is -2.30. The van der Waals surface area contributed by atoms with Crippen molar-refractivity contribution in [1.29, 1.82) is 0 Å². The zero-order valence-corrected chi connectivity index (χ0v) is 12.5. The SMILES string of the molecule is NC(=O)N1CCC(C(=O)NC[C@@H]2Cc3ccccc3O2)CC1. The molecule has 1 fully saturated rings. The van der Waals surface area contributed by atoms with Crippen molar-refractivity contribution in [2.24, 2.45) is 11.7 Å². The lowest BCUT2D eigenvalue weighted by molar-refractivity contribution is -0.126. The molecule has 2 aliphatic rings. The normalized spacial score (nSPS) is 21.1. The molecule has 3 N–H and O–H groups in total. The molecule has 1 aromatic rings. The number of para-hydroxylation sites is 1. The molecule has 6 nitrogen and oxygen atoms in total. The first-order valence-electron chi connectivity index (χ1n) is 7.70. The van der Waals surface area contributed by atoms with Crippen LogP contribution in [0.4, 0.5) is 4.79 Å². The van der Waals surface area contributed by atoms with Crippen LogP contribution in [0.2, 0.25) is 0 Å². The Kier molecular flexibility index (Phi) is 4.18. The smallest absolute Gasteiger partial charge is 0.314 e. The Morgan fingerprint density at radius 3 is 2.68 bits per heavy atom. The van der Waals surface area contributed by atoms with Gasteiger partial charge in [-0.15, -0.1) is 0 Å². The summed E-state index contributed by atoms with van der Waals surface area (Å²) in [6.45, 7) is 1.63. The third-order valence-corrected chi connectivity index (χ3v) is 4.40. The Bertz CT molecular complexity index is 543. The number of nitrogens with one attached hydrogen (secondary N) is 1. The third-order valence-electron chi connectivity index (χ3n) is 4.40. The zero-order valence-electron chi connectivity index (χ0n) is 12.5. The summed E-state index contributed by atoms with van der Waals surface area (Å²) in [4.78, 5) is 24.9. The molecule has 0 spiro atoms. The monoisotopic (exact) mass is 303 g/mol. The summed E-state index contributed by atoms with van der Waals surface area (Å²) in [6, 6.07) is 7.55. The number of hydrogen-bond donors (Lipinski definition) is 2. The second kappa shape index (κ2) is 6.25. The van der Waals surface area contributed by atoms with Gasteiger partial charge in [0, 0.05) is 25.4 Å². The highest BCUT2D eigenvalue weighted by atomic mass is 16.5. The summed E-state index contributed by atoms with van der Waals surface area (Å²) in [5.41, 5.74) is 6.43. The maximum Gasteiger partial charge on any atom is 0.314 e. The van der Waals surface area contributed by atoms with Crippen molar-refractivity contribution in [2.75, 3.05) is 19.6 Å². The van der Waals surface area contributed by atoms with Gasteiger partial charge in [-0.05, 0) is 24.5 Å². The standard InChI is InChI=1S/C16H21N3O3/c17-16(21)19-7-5-11(6-8-19)15(20)18-10-13-9-12-3-1-2-4-14(12)22-13/h1-4,11,13H,5-10H2,(H2,17,21)(H,18,20)/t13-/m0/s1. The lowest BCUT2D eigenvalue weighted by atomic mass is 9.96. The molecule has 118 valence electrons. The van der Waals surface area contributed by atoms with E-state index >= 15 is 0 Å². The van der Waals surface area contributed by atoms with Crippen molar-refractivity contribution in [1.82, 2.24) is 10.2 Å². The zero-order chi connectivity index (χ0) is 15.5. The van der Waals surface area contributed by atoms with E-state index in [-0.39, 0.29) is 17.9 Å². The number of ether oxygens (including phenoxy) is 1. The van der Waals surface area contributed by atoms with E-state index in [1.807, 2.05) is 18.2 Å². The number of hydrogen-bond acceptors (Lipinski definition) is 3. The van der Waals surface area contributed by atoms with E-state index in [4.69, 9.17) is 10.5 Å². The first-order valence-corrected chi connectivity index (χ1v) is 7.70. The number of rotatable bonds is 3. The fourth-order valence-corrected chi connectivity index (χ4v) is 3.09. The van der Waals surface area contributed by atoms with Crippen molar-refractivity contribution in [3.63, 3.8) is 0 Å². The third kappa shape index (κ3) is 3.16. The molecule has 1 saturated heterocycles. The van der Waals surface area contributed by atoms with Crippen LogP contribution in [0.1, 0.15) is 18.4 Å². The van der Waals surface area contributed by atoms with E-state index in [9.17, 15) is 9.59 Å². The van der Waals surface area contributed by atoms with Crippen LogP contribution in [0.5, 0.6) is 5.75 Å². The van der Waals surface area contributed by atoms with Crippen molar-refractivity contribution in [3.05, 3.63) is 29.8 Å². The number of carbonyl (C=O) groups excluding carboxylic acids is 2. The van der Waals surface area contributed by atoms with E-state index in [0.29, 0.717) is 32.5 Å². The Morgan fingerprint density at radius 1 is 1.27 bits per heavy atom. The van der Waals surface area contributed by atoms with E-state index in [2.05, 4.69) is 11.4 Å². The van der Waals surface area contributed by atoms with E-state index in [1.165, 1.54) is 5.56 Å². The predicted octanol–water partition coefficient (Wildman–Crippen LogP) is 0.897. The molecule has 0 bridgehead atoms. The number of carbonyl (C=O) groups is 2. The van der Waals surface area contributed by atoms with Crippen LogP contribution in [0.25, 0.3) is 0 Å². The van der Waals surface area contributed by atoms with Crippen LogP contribution in [0.15, 0.2) is 24.3 Å². The molecular weight excluding hydrogens is 282 g/mol. The number of likely N-dealkylation sites (tertiary alicyclic amines) is 1. The molecule has 0 radical (unpaired) electrons. The predicted molar refractivity (Wildman–Crippen MR) is 81.5 cm³/mol. The first kappa shape index (κ1) is 14.7. The van der Waals surface area contributed by atoms with Crippen LogP contribution >= 0.6 is 0 Å². The molecule has 0 aromatic heterocycles. The molecule has 22 heavy (non-hydrogen) atoms. The number of urea groups is 1. The van der Waals surface area contributed by atoms with E-state index < -0.39 is 6.03 Å². The topological polar surface area (TPSA) is 84.7 Å². The molecule has 0 saturated carbocycles. The highest BCUT2D eigenvalue weighted by Crippen LogP contribution is 2.27. The molecular formula is C16H21N3O3. The second-order valence-electron chi connectivity index (χ2n) is 5.90. The van der Waals surface area contributed by atoms with Crippen molar-refractivity contribution in [2.45, 2.75) is 25.4 Å². The largest absolute Gasteiger partial charge is 0.488 e. The minimum Gasteiger partial charge on any atom is -0.488 e. The fourth-order valence-electron chi connectivity index (χ4n) is 3.09. The maximum absolute atomic E-state index is 12.2. The fraction of sp³-hybridized carbons (Fsp3) is 0.500. The lowest BCUT2D eigenvalue weighted by Crippen LogP contribution is -2.46. The number of benzene rings is 1. The van der Waals surface area contributed by atoms with Gasteiger partial charge in [0.05, 0.1) is 6.54 Å². The van der Waals surface area contributed by atoms with Crippen LogP contribution in [0.3, 0.4) is 0 Å². The molecule has 6 heteroatoms. The number of primary amides is 1. The van der Waals surface area contributed by atoms with Crippen LogP contribution in [-0.4, -0.2) is 42.6 Å². The Hall–Kier alpha value is -2.24. The number of fused-ring (bicyclic) bond motifs is 1. The quantitative estimate of drug-likeness (QED) is 0.870. The number of nitrogens with two attached hydrogens (primary N) is 1. The molecule has 2 heterocycles. The van der Waals surface area contributed by atoms with E-state index in [0.717, 1.165) is 12.2 Å². The van der Waals surface area contributed by atoms with Gasteiger partial charge in [0.1, 0.15) is 11.9 Å². The molecule has 0 unspecified atom stereocenters. The van der Waals surface area contributed by atoms with Crippen LogP contribution in [0, 0.1) is 5.92 Å². The van der Waals surface area contributed by atoms with Gasteiger partial charge in [0.15, 0.2) is 0 Å². The molecule has 3 amide bonds. The van der Waals surface area contributed by atoms with Gasteiger partial charge in [-0.25, -0.2) is 4.79 Å². The van der Waals surface area contributed by atoms with Gasteiger partial charge >= 0.3 is 6.03 Å². The number of amides is 3. The van der Waals surface area contributed by atoms with Crippen LogP contribution < -0.4 is 15.8 Å². The minimum absolute atomic E-state index is 0.00654. The average Bonchev–Trinajstić information content (AvgIpc) is 2.95. The van der Waals surface area contributed by atoms with Crippen molar-refractivity contribution < 1.29 is 14.3 Å². The average molecular weight is 303 g/mol. The highest BCUT2D eigenvalue weighted by Gasteiger charge is 2.28. The minimum atomic E-state index is -0.407. The van der Waals surface area contributed by atoms with Crippen LogP contribution in [-0.2, 0) is 11.2 Å². The Morgan fingerprint density at radius 2 is 2.00 bits per heavy atom. The summed E-state index contributed by atoms with van der Waals surface area (Å²) >= 11 is 0.